The van der Waals surface area contributed by atoms with Gasteiger partial charge in [-0.2, -0.15) is 0 Å². The van der Waals surface area contributed by atoms with Gasteiger partial charge in [-0.25, -0.2) is 4.79 Å². The third kappa shape index (κ3) is 3.46. The third-order valence-electron chi connectivity index (χ3n) is 3.89. The minimum Gasteiger partial charge on any atom is -0.459 e. The molecular weight excluding hydrogens is 308 g/mol. The van der Waals surface area contributed by atoms with Crippen LogP contribution in [0.2, 0.25) is 0 Å². The number of hydrogen-bond donors (Lipinski definition) is 0. The van der Waals surface area contributed by atoms with Crippen molar-refractivity contribution in [3.05, 3.63) is 65.2 Å². The zero-order valence-corrected chi connectivity index (χ0v) is 13.6. The zero-order valence-electron chi connectivity index (χ0n) is 13.6. The fraction of sp³-hybridized carbons (Fsp3) is 0.263. The molecule has 3 rings (SSSR count). The van der Waals surface area contributed by atoms with Gasteiger partial charge in [-0.05, 0) is 42.3 Å². The molecule has 1 unspecified atom stereocenters. The maximum atomic E-state index is 12.1. The van der Waals surface area contributed by atoms with E-state index in [-0.39, 0.29) is 18.5 Å². The minimum absolute atomic E-state index is 0.147. The summed E-state index contributed by atoms with van der Waals surface area (Å²) in [6.07, 6.45) is 0. The van der Waals surface area contributed by atoms with E-state index >= 15 is 0 Å². The summed E-state index contributed by atoms with van der Waals surface area (Å²) in [6, 6.07) is 14.2. The van der Waals surface area contributed by atoms with Crippen LogP contribution in [-0.4, -0.2) is 25.2 Å². The molecular formula is C19H18O5. The molecule has 0 bridgehead atoms. The van der Waals surface area contributed by atoms with Crippen LogP contribution in [0.15, 0.2) is 48.5 Å². The highest BCUT2D eigenvalue weighted by molar-refractivity contribution is 5.89. The second-order valence-electron chi connectivity index (χ2n) is 5.80. The molecule has 1 aliphatic heterocycles. The molecule has 2 aromatic rings. The van der Waals surface area contributed by atoms with E-state index in [2.05, 4.69) is 0 Å². The Morgan fingerprint density at radius 2 is 1.88 bits per heavy atom. The van der Waals surface area contributed by atoms with Crippen molar-refractivity contribution in [1.82, 2.24) is 0 Å². The first-order chi connectivity index (χ1) is 11.5. The maximum Gasteiger partial charge on any atom is 0.338 e. The molecule has 5 heteroatoms. The van der Waals surface area contributed by atoms with Crippen molar-refractivity contribution in [1.29, 1.82) is 0 Å². The van der Waals surface area contributed by atoms with Crippen LogP contribution in [0.4, 0.5) is 0 Å². The molecule has 0 aromatic heterocycles. The normalized spacial score (nSPS) is 18.8. The third-order valence-corrected chi connectivity index (χ3v) is 3.89. The van der Waals surface area contributed by atoms with E-state index in [0.29, 0.717) is 17.9 Å². The lowest BCUT2D eigenvalue weighted by Gasteiger charge is -2.16. The SMILES string of the molecule is CC(=O)Oc1ccc(C2(COC(=O)c3ccccc3)CO2)c(C)c1. The van der Waals surface area contributed by atoms with Gasteiger partial charge in [0.25, 0.3) is 0 Å². The van der Waals surface area contributed by atoms with E-state index in [1.165, 1.54) is 6.92 Å². The number of epoxide rings is 1. The molecule has 1 saturated heterocycles. The van der Waals surface area contributed by atoms with Crippen LogP contribution < -0.4 is 4.74 Å². The standard InChI is InChI=1S/C19H18O5/c1-13-10-16(24-14(2)20)8-9-17(13)19(12-23-19)11-22-18(21)15-6-4-3-5-7-15/h3-10H,11-12H2,1-2H3. The summed E-state index contributed by atoms with van der Waals surface area (Å²) in [5.41, 5.74) is 1.75. The van der Waals surface area contributed by atoms with Gasteiger partial charge in [0.1, 0.15) is 12.4 Å². The van der Waals surface area contributed by atoms with Crippen LogP contribution in [0.1, 0.15) is 28.4 Å². The van der Waals surface area contributed by atoms with Gasteiger partial charge < -0.3 is 14.2 Å². The lowest BCUT2D eigenvalue weighted by Crippen LogP contribution is -2.21. The molecule has 2 aromatic carbocycles. The number of hydrogen-bond acceptors (Lipinski definition) is 5. The van der Waals surface area contributed by atoms with Gasteiger partial charge in [-0.3, -0.25) is 4.79 Å². The van der Waals surface area contributed by atoms with Crippen molar-refractivity contribution in [2.75, 3.05) is 13.2 Å². The van der Waals surface area contributed by atoms with Gasteiger partial charge in [0.15, 0.2) is 5.60 Å². The van der Waals surface area contributed by atoms with Gasteiger partial charge >= 0.3 is 11.9 Å². The molecule has 1 aliphatic rings. The van der Waals surface area contributed by atoms with Crippen LogP contribution in [-0.2, 0) is 19.9 Å². The van der Waals surface area contributed by atoms with Crippen molar-refractivity contribution in [3.63, 3.8) is 0 Å². The Hall–Kier alpha value is -2.66. The molecule has 1 atom stereocenters. The summed E-state index contributed by atoms with van der Waals surface area (Å²) in [7, 11) is 0. The van der Waals surface area contributed by atoms with E-state index in [4.69, 9.17) is 14.2 Å². The summed E-state index contributed by atoms with van der Waals surface area (Å²) >= 11 is 0. The van der Waals surface area contributed by atoms with Gasteiger partial charge in [-0.15, -0.1) is 0 Å². The molecule has 24 heavy (non-hydrogen) atoms. The Balaban J connectivity index is 1.70. The molecule has 5 nitrogen and oxygen atoms in total. The van der Waals surface area contributed by atoms with Crippen molar-refractivity contribution >= 4 is 11.9 Å². The quantitative estimate of drug-likeness (QED) is 0.480. The Morgan fingerprint density at radius 1 is 1.17 bits per heavy atom. The summed E-state index contributed by atoms with van der Waals surface area (Å²) in [5.74, 6) is -0.253. The molecule has 0 N–H and O–H groups in total. The molecule has 0 saturated carbocycles. The van der Waals surface area contributed by atoms with Crippen LogP contribution >= 0.6 is 0 Å². The molecule has 1 heterocycles. The minimum atomic E-state index is -0.608. The number of esters is 2. The predicted octanol–water partition coefficient (Wildman–Crippen LogP) is 3.00. The topological polar surface area (TPSA) is 65.1 Å². The lowest BCUT2D eigenvalue weighted by molar-refractivity contribution is -0.131. The van der Waals surface area contributed by atoms with Crippen LogP contribution in [0, 0.1) is 6.92 Å². The lowest BCUT2D eigenvalue weighted by atomic mass is 9.96. The van der Waals surface area contributed by atoms with E-state index in [9.17, 15) is 9.59 Å². The predicted molar refractivity (Wildman–Crippen MR) is 86.8 cm³/mol. The first-order valence-electron chi connectivity index (χ1n) is 7.66. The Labute approximate surface area is 140 Å². The second kappa shape index (κ2) is 6.45. The highest BCUT2D eigenvalue weighted by atomic mass is 16.6. The maximum absolute atomic E-state index is 12.1. The number of benzene rings is 2. The van der Waals surface area contributed by atoms with Crippen molar-refractivity contribution < 1.29 is 23.8 Å². The molecule has 1 fully saturated rings. The number of rotatable bonds is 5. The number of carbonyl (C=O) groups excluding carboxylic acids is 2. The fourth-order valence-electron chi connectivity index (χ4n) is 2.62. The van der Waals surface area contributed by atoms with Gasteiger partial charge in [0, 0.05) is 6.92 Å². The zero-order chi connectivity index (χ0) is 17.2. The van der Waals surface area contributed by atoms with Crippen LogP contribution in [0.5, 0.6) is 5.75 Å². The van der Waals surface area contributed by atoms with E-state index in [1.807, 2.05) is 19.1 Å². The Morgan fingerprint density at radius 3 is 2.46 bits per heavy atom. The van der Waals surface area contributed by atoms with Crippen molar-refractivity contribution in [2.24, 2.45) is 0 Å². The van der Waals surface area contributed by atoms with Crippen LogP contribution in [0.25, 0.3) is 0 Å². The van der Waals surface area contributed by atoms with E-state index in [1.54, 1.807) is 36.4 Å². The molecule has 0 radical (unpaired) electrons. The summed E-state index contributed by atoms with van der Waals surface area (Å²) < 4.78 is 16.1. The first kappa shape index (κ1) is 16.2. The smallest absolute Gasteiger partial charge is 0.338 e. The average molecular weight is 326 g/mol. The summed E-state index contributed by atoms with van der Waals surface area (Å²) in [4.78, 5) is 23.1. The second-order valence-corrected chi connectivity index (χ2v) is 5.80. The molecule has 0 aliphatic carbocycles. The summed E-state index contributed by atoms with van der Waals surface area (Å²) in [5, 5.41) is 0. The Bertz CT molecular complexity index is 763. The van der Waals surface area contributed by atoms with Crippen molar-refractivity contribution in [2.45, 2.75) is 19.4 Å². The molecule has 0 amide bonds. The number of aryl methyl sites for hydroxylation is 1. The average Bonchev–Trinajstić information content (AvgIpc) is 3.34. The Kier molecular flexibility index (Phi) is 4.36. The van der Waals surface area contributed by atoms with Gasteiger partial charge in [0.2, 0.25) is 0 Å². The monoisotopic (exact) mass is 326 g/mol. The number of carbonyl (C=O) groups is 2. The van der Waals surface area contributed by atoms with Crippen LogP contribution in [0.3, 0.4) is 0 Å². The van der Waals surface area contributed by atoms with Gasteiger partial charge in [-0.1, -0.05) is 24.3 Å². The van der Waals surface area contributed by atoms with Crippen molar-refractivity contribution in [3.8, 4) is 5.75 Å². The van der Waals surface area contributed by atoms with E-state index in [0.717, 1.165) is 11.1 Å². The first-order valence-corrected chi connectivity index (χ1v) is 7.66. The molecule has 0 spiro atoms. The highest BCUT2D eigenvalue weighted by Gasteiger charge is 2.49. The molecule has 124 valence electrons. The number of ether oxygens (including phenoxy) is 3. The van der Waals surface area contributed by atoms with E-state index < -0.39 is 5.60 Å². The fourth-order valence-corrected chi connectivity index (χ4v) is 2.62. The highest BCUT2D eigenvalue weighted by Crippen LogP contribution is 2.41. The summed E-state index contributed by atoms with van der Waals surface area (Å²) in [6.45, 7) is 3.90. The largest absolute Gasteiger partial charge is 0.459 e. The van der Waals surface area contributed by atoms with Gasteiger partial charge in [0.05, 0.1) is 12.2 Å².